The quantitative estimate of drug-likeness (QED) is 0.534. The Morgan fingerprint density at radius 1 is 1.75 bits per heavy atom. The van der Waals surface area contributed by atoms with E-state index in [9.17, 15) is 0 Å². The monoisotopic (exact) mass is 116 g/mol. The molecule has 0 aromatic rings. The molecule has 1 saturated heterocycles. The second-order valence-corrected chi connectivity index (χ2v) is 2.46. The zero-order chi connectivity index (χ0) is 6.15. The lowest BCUT2D eigenvalue weighted by Gasteiger charge is -1.96. The average molecular weight is 116 g/mol. The third-order valence-corrected chi connectivity index (χ3v) is 1.41. The van der Waals surface area contributed by atoms with Gasteiger partial charge in [-0.3, -0.25) is 0 Å². The number of ether oxygens (including phenoxy) is 1. The highest BCUT2D eigenvalue weighted by atomic mass is 16.6. The molecule has 1 heterocycles. The molecule has 3 atom stereocenters. The van der Waals surface area contributed by atoms with Crippen LogP contribution in [0.1, 0.15) is 20.3 Å². The SMILES string of the molecule is C[C@H](O)C[C@@H]1O[C@H]1C. The number of aliphatic hydroxyl groups is 1. The Morgan fingerprint density at radius 3 is 2.38 bits per heavy atom. The Morgan fingerprint density at radius 2 is 2.25 bits per heavy atom. The molecule has 0 bridgehead atoms. The summed E-state index contributed by atoms with van der Waals surface area (Å²) < 4.78 is 5.07. The summed E-state index contributed by atoms with van der Waals surface area (Å²) in [5.41, 5.74) is 0. The van der Waals surface area contributed by atoms with Gasteiger partial charge in [0.2, 0.25) is 0 Å². The lowest BCUT2D eigenvalue weighted by Crippen LogP contribution is -2.04. The van der Waals surface area contributed by atoms with Crippen LogP contribution >= 0.6 is 0 Å². The van der Waals surface area contributed by atoms with E-state index in [1.54, 1.807) is 6.92 Å². The molecule has 1 aliphatic heterocycles. The zero-order valence-electron chi connectivity index (χ0n) is 5.29. The maximum atomic E-state index is 8.80. The van der Waals surface area contributed by atoms with Crippen LogP contribution in [0.3, 0.4) is 0 Å². The summed E-state index contributed by atoms with van der Waals surface area (Å²) in [5, 5.41) is 8.80. The Balaban J connectivity index is 2.05. The van der Waals surface area contributed by atoms with E-state index in [1.165, 1.54) is 0 Å². The molecule has 0 amide bonds. The van der Waals surface area contributed by atoms with Gasteiger partial charge in [-0.1, -0.05) is 0 Å². The molecule has 0 aromatic heterocycles. The molecule has 8 heavy (non-hydrogen) atoms. The molecule has 2 nitrogen and oxygen atoms in total. The first-order chi connectivity index (χ1) is 3.70. The summed E-state index contributed by atoms with van der Waals surface area (Å²) in [7, 11) is 0. The Hall–Kier alpha value is -0.0800. The summed E-state index contributed by atoms with van der Waals surface area (Å²) in [6, 6.07) is 0. The van der Waals surface area contributed by atoms with Gasteiger partial charge in [0, 0.05) is 6.42 Å². The van der Waals surface area contributed by atoms with Crippen LogP contribution in [0.15, 0.2) is 0 Å². The van der Waals surface area contributed by atoms with Crippen molar-refractivity contribution in [3.8, 4) is 0 Å². The molecule has 0 spiro atoms. The minimum absolute atomic E-state index is 0.204. The van der Waals surface area contributed by atoms with Crippen LogP contribution in [0, 0.1) is 0 Å². The van der Waals surface area contributed by atoms with Crippen LogP contribution in [0.5, 0.6) is 0 Å². The number of hydrogen-bond acceptors (Lipinski definition) is 2. The third kappa shape index (κ3) is 1.46. The molecule has 1 aliphatic rings. The highest BCUT2D eigenvalue weighted by molar-refractivity contribution is 4.81. The summed E-state index contributed by atoms with van der Waals surface area (Å²) in [6.07, 6.45) is 1.32. The van der Waals surface area contributed by atoms with Gasteiger partial charge >= 0.3 is 0 Å². The predicted molar refractivity (Wildman–Crippen MR) is 30.6 cm³/mol. The van der Waals surface area contributed by atoms with Gasteiger partial charge in [0.15, 0.2) is 0 Å². The molecule has 2 heteroatoms. The van der Waals surface area contributed by atoms with Crippen LogP contribution < -0.4 is 0 Å². The second kappa shape index (κ2) is 2.03. The van der Waals surface area contributed by atoms with E-state index in [4.69, 9.17) is 9.84 Å². The van der Waals surface area contributed by atoms with Crippen molar-refractivity contribution in [2.45, 2.75) is 38.6 Å². The standard InChI is InChI=1S/C6H12O2/c1-4(7)3-6-5(2)8-6/h4-7H,3H2,1-2H3/t4-,5-,6-/m0/s1. The van der Waals surface area contributed by atoms with Crippen molar-refractivity contribution in [3.63, 3.8) is 0 Å². The first-order valence-electron chi connectivity index (χ1n) is 3.03. The molecule has 0 aliphatic carbocycles. The number of hydrogen-bond donors (Lipinski definition) is 1. The third-order valence-electron chi connectivity index (χ3n) is 1.41. The minimum atomic E-state index is -0.204. The van der Waals surface area contributed by atoms with Gasteiger partial charge in [-0.2, -0.15) is 0 Å². The van der Waals surface area contributed by atoms with Crippen LogP contribution in [0.2, 0.25) is 0 Å². The van der Waals surface area contributed by atoms with E-state index in [0.717, 1.165) is 6.42 Å². The summed E-state index contributed by atoms with van der Waals surface area (Å²) >= 11 is 0. The molecule has 0 aromatic carbocycles. The Bertz CT molecular complexity index is 80.6. The molecule has 0 unspecified atom stereocenters. The van der Waals surface area contributed by atoms with Crippen molar-refractivity contribution in [3.05, 3.63) is 0 Å². The first kappa shape index (κ1) is 6.05. The lowest BCUT2D eigenvalue weighted by atomic mass is 10.2. The molecular formula is C6H12O2. The van der Waals surface area contributed by atoms with Gasteiger partial charge in [0.05, 0.1) is 18.3 Å². The maximum Gasteiger partial charge on any atom is 0.0863 e. The molecule has 0 radical (unpaired) electrons. The normalized spacial score (nSPS) is 39.4. The average Bonchev–Trinajstić information content (AvgIpc) is 2.17. The Kier molecular flexibility index (Phi) is 1.54. The van der Waals surface area contributed by atoms with E-state index in [2.05, 4.69) is 0 Å². The molecular weight excluding hydrogens is 104 g/mol. The fourth-order valence-electron chi connectivity index (χ4n) is 0.814. The van der Waals surface area contributed by atoms with E-state index >= 15 is 0 Å². The van der Waals surface area contributed by atoms with Crippen molar-refractivity contribution in [2.24, 2.45) is 0 Å². The van der Waals surface area contributed by atoms with E-state index in [-0.39, 0.29) is 6.10 Å². The largest absolute Gasteiger partial charge is 0.393 e. The zero-order valence-corrected chi connectivity index (χ0v) is 5.29. The second-order valence-electron chi connectivity index (χ2n) is 2.46. The highest BCUT2D eigenvalue weighted by Crippen LogP contribution is 2.25. The van der Waals surface area contributed by atoms with Crippen LogP contribution in [-0.2, 0) is 4.74 Å². The van der Waals surface area contributed by atoms with Gasteiger partial charge in [-0.15, -0.1) is 0 Å². The topological polar surface area (TPSA) is 32.8 Å². The summed E-state index contributed by atoms with van der Waals surface area (Å²) in [6.45, 7) is 3.81. The van der Waals surface area contributed by atoms with Gasteiger partial charge in [0.25, 0.3) is 0 Å². The van der Waals surface area contributed by atoms with Crippen LogP contribution in [-0.4, -0.2) is 23.4 Å². The van der Waals surface area contributed by atoms with Crippen molar-refractivity contribution < 1.29 is 9.84 Å². The minimum Gasteiger partial charge on any atom is -0.393 e. The summed E-state index contributed by atoms with van der Waals surface area (Å²) in [5.74, 6) is 0. The number of rotatable bonds is 2. The molecule has 1 rings (SSSR count). The molecule has 0 saturated carbocycles. The van der Waals surface area contributed by atoms with Crippen molar-refractivity contribution in [2.75, 3.05) is 0 Å². The fourth-order valence-corrected chi connectivity index (χ4v) is 0.814. The molecule has 1 fully saturated rings. The van der Waals surface area contributed by atoms with Gasteiger partial charge in [0.1, 0.15) is 0 Å². The smallest absolute Gasteiger partial charge is 0.0863 e. The number of epoxide rings is 1. The molecule has 48 valence electrons. The highest BCUT2D eigenvalue weighted by Gasteiger charge is 2.34. The van der Waals surface area contributed by atoms with E-state index < -0.39 is 0 Å². The van der Waals surface area contributed by atoms with E-state index in [0.29, 0.717) is 12.2 Å². The van der Waals surface area contributed by atoms with Gasteiger partial charge in [-0.05, 0) is 13.8 Å². The maximum absolute atomic E-state index is 8.80. The fraction of sp³-hybridized carbons (Fsp3) is 1.00. The van der Waals surface area contributed by atoms with Gasteiger partial charge in [-0.25, -0.2) is 0 Å². The molecule has 1 N–H and O–H groups in total. The van der Waals surface area contributed by atoms with Crippen molar-refractivity contribution in [1.82, 2.24) is 0 Å². The number of aliphatic hydroxyl groups excluding tert-OH is 1. The van der Waals surface area contributed by atoms with Crippen LogP contribution in [0.4, 0.5) is 0 Å². The predicted octanol–water partition coefficient (Wildman–Crippen LogP) is 0.545. The van der Waals surface area contributed by atoms with Crippen molar-refractivity contribution >= 4 is 0 Å². The summed E-state index contributed by atoms with van der Waals surface area (Å²) in [4.78, 5) is 0. The van der Waals surface area contributed by atoms with E-state index in [1.807, 2.05) is 6.92 Å². The van der Waals surface area contributed by atoms with Crippen LogP contribution in [0.25, 0.3) is 0 Å². The first-order valence-corrected chi connectivity index (χ1v) is 3.03. The van der Waals surface area contributed by atoms with Crippen molar-refractivity contribution in [1.29, 1.82) is 0 Å². The Labute approximate surface area is 49.5 Å². The lowest BCUT2D eigenvalue weighted by molar-refractivity contribution is 0.170. The van der Waals surface area contributed by atoms with Gasteiger partial charge < -0.3 is 9.84 Å².